The number of ether oxygens (including phenoxy) is 1. The van der Waals surface area contributed by atoms with Gasteiger partial charge in [-0.1, -0.05) is 0 Å². The number of esters is 1. The van der Waals surface area contributed by atoms with Crippen molar-refractivity contribution in [2.75, 3.05) is 19.4 Å². The molecule has 100 valence electrons. The van der Waals surface area contributed by atoms with Crippen molar-refractivity contribution in [2.24, 2.45) is 0 Å². The van der Waals surface area contributed by atoms with E-state index in [1.807, 2.05) is 0 Å². The number of hydrogen-bond acceptors (Lipinski definition) is 5. The highest BCUT2D eigenvalue weighted by Gasteiger charge is 2.19. The van der Waals surface area contributed by atoms with Crippen LogP contribution in [0.1, 0.15) is 11.1 Å². The number of rotatable bonds is 4. The van der Waals surface area contributed by atoms with E-state index < -0.39 is 22.5 Å². The molecule has 0 fully saturated rings. The summed E-state index contributed by atoms with van der Waals surface area (Å²) < 4.78 is 30.5. The Morgan fingerprint density at radius 3 is 2.56 bits per heavy atom. The molecule has 6 nitrogen and oxygen atoms in total. The van der Waals surface area contributed by atoms with Gasteiger partial charge in [-0.2, -0.15) is 4.72 Å². The smallest absolute Gasteiger partial charge is 0.320 e. The molecular formula is C11H16N2O4S. The second-order valence-electron chi connectivity index (χ2n) is 3.86. The van der Waals surface area contributed by atoms with Crippen molar-refractivity contribution in [1.82, 2.24) is 4.72 Å². The van der Waals surface area contributed by atoms with E-state index in [0.29, 0.717) is 11.3 Å². The molecule has 0 aromatic heterocycles. The number of nitrogen functional groups attached to an aromatic ring is 1. The van der Waals surface area contributed by atoms with Crippen LogP contribution in [0.2, 0.25) is 0 Å². The maximum absolute atomic E-state index is 12.0. The van der Waals surface area contributed by atoms with Gasteiger partial charge < -0.3 is 10.5 Å². The lowest BCUT2D eigenvalue weighted by Crippen LogP contribution is -2.30. The van der Waals surface area contributed by atoms with E-state index in [4.69, 9.17) is 5.73 Å². The number of methoxy groups -OCH3 is 1. The molecule has 0 aliphatic heterocycles. The Hall–Kier alpha value is -1.60. The molecule has 0 aliphatic rings. The van der Waals surface area contributed by atoms with Crippen LogP contribution in [-0.4, -0.2) is 28.0 Å². The summed E-state index contributed by atoms with van der Waals surface area (Å²) in [5, 5.41) is 0. The third-order valence-corrected chi connectivity index (χ3v) is 4.09. The third-order valence-electron chi connectivity index (χ3n) is 2.57. The molecule has 0 aliphatic carbocycles. The maximum Gasteiger partial charge on any atom is 0.320 e. The summed E-state index contributed by atoms with van der Waals surface area (Å²) in [5.74, 6) is -0.656. The standard InChI is InChI=1S/C11H16N2O4S/c1-7-4-9(12)5-10(8(7)2)18(15,16)13-6-11(14)17-3/h4-5,13H,6,12H2,1-3H3. The molecule has 1 rings (SSSR count). The fourth-order valence-corrected chi connectivity index (χ4v) is 2.76. The Labute approximate surface area is 106 Å². The molecular weight excluding hydrogens is 256 g/mol. The van der Waals surface area contributed by atoms with Gasteiger partial charge in [0.2, 0.25) is 10.0 Å². The van der Waals surface area contributed by atoms with Crippen molar-refractivity contribution in [3.05, 3.63) is 23.3 Å². The molecule has 0 atom stereocenters. The minimum atomic E-state index is -3.77. The van der Waals surface area contributed by atoms with Crippen LogP contribution < -0.4 is 10.5 Å². The number of nitrogens with one attached hydrogen (secondary N) is 1. The van der Waals surface area contributed by atoms with Crippen molar-refractivity contribution < 1.29 is 17.9 Å². The van der Waals surface area contributed by atoms with E-state index in [0.717, 1.165) is 5.56 Å². The van der Waals surface area contributed by atoms with Crippen LogP contribution >= 0.6 is 0 Å². The van der Waals surface area contributed by atoms with Gasteiger partial charge in [0.05, 0.1) is 12.0 Å². The van der Waals surface area contributed by atoms with Crippen molar-refractivity contribution in [3.63, 3.8) is 0 Å². The summed E-state index contributed by atoms with van der Waals surface area (Å²) in [6.45, 7) is 3.04. The van der Waals surface area contributed by atoms with Crippen LogP contribution in [0.5, 0.6) is 0 Å². The fourth-order valence-electron chi connectivity index (χ4n) is 1.44. The first kappa shape index (κ1) is 14.5. The second-order valence-corrected chi connectivity index (χ2v) is 5.60. The van der Waals surface area contributed by atoms with Gasteiger partial charge >= 0.3 is 5.97 Å². The molecule has 0 bridgehead atoms. The Kier molecular flexibility index (Phi) is 4.31. The first-order chi connectivity index (χ1) is 8.27. The molecule has 0 unspecified atom stereocenters. The quantitative estimate of drug-likeness (QED) is 0.608. The van der Waals surface area contributed by atoms with Crippen LogP contribution in [0.15, 0.2) is 17.0 Å². The highest BCUT2D eigenvalue weighted by molar-refractivity contribution is 7.89. The van der Waals surface area contributed by atoms with Crippen LogP contribution in [0.25, 0.3) is 0 Å². The zero-order chi connectivity index (χ0) is 13.9. The van der Waals surface area contributed by atoms with E-state index >= 15 is 0 Å². The summed E-state index contributed by atoms with van der Waals surface area (Å²) in [4.78, 5) is 11.0. The molecule has 7 heteroatoms. The number of sulfonamides is 1. The van der Waals surface area contributed by atoms with Gasteiger partial charge in [0.15, 0.2) is 0 Å². The van der Waals surface area contributed by atoms with Crippen LogP contribution in [0.4, 0.5) is 5.69 Å². The lowest BCUT2D eigenvalue weighted by atomic mass is 10.1. The molecule has 0 amide bonds. The number of benzene rings is 1. The number of nitrogens with two attached hydrogens (primary N) is 1. The van der Waals surface area contributed by atoms with Gasteiger partial charge in [0, 0.05) is 5.69 Å². The van der Waals surface area contributed by atoms with E-state index in [1.165, 1.54) is 13.2 Å². The monoisotopic (exact) mass is 272 g/mol. The molecule has 0 saturated heterocycles. The van der Waals surface area contributed by atoms with E-state index in [9.17, 15) is 13.2 Å². The number of carbonyl (C=O) groups is 1. The highest BCUT2D eigenvalue weighted by Crippen LogP contribution is 2.21. The van der Waals surface area contributed by atoms with Crippen LogP contribution in [-0.2, 0) is 19.6 Å². The predicted molar refractivity (Wildman–Crippen MR) is 67.5 cm³/mol. The van der Waals surface area contributed by atoms with Gasteiger partial charge in [-0.15, -0.1) is 0 Å². The number of hydrogen-bond donors (Lipinski definition) is 2. The van der Waals surface area contributed by atoms with Gasteiger partial charge in [0.25, 0.3) is 0 Å². The summed E-state index contributed by atoms with van der Waals surface area (Å²) in [6, 6.07) is 3.05. The molecule has 0 radical (unpaired) electrons. The van der Waals surface area contributed by atoms with Crippen molar-refractivity contribution >= 4 is 21.7 Å². The molecule has 1 aromatic rings. The second kappa shape index (κ2) is 5.36. The average Bonchev–Trinajstić information content (AvgIpc) is 2.30. The average molecular weight is 272 g/mol. The SMILES string of the molecule is COC(=O)CNS(=O)(=O)c1cc(N)cc(C)c1C. The summed E-state index contributed by atoms with van der Waals surface area (Å²) in [5.41, 5.74) is 7.35. The lowest BCUT2D eigenvalue weighted by Gasteiger charge is -2.11. The van der Waals surface area contributed by atoms with Crippen LogP contribution in [0.3, 0.4) is 0 Å². The van der Waals surface area contributed by atoms with Gasteiger partial charge in [0.1, 0.15) is 6.54 Å². The summed E-state index contributed by atoms with van der Waals surface area (Å²) in [7, 11) is -2.58. The molecule has 18 heavy (non-hydrogen) atoms. The molecule has 0 spiro atoms. The van der Waals surface area contributed by atoms with E-state index in [1.54, 1.807) is 19.9 Å². The maximum atomic E-state index is 12.0. The Morgan fingerprint density at radius 1 is 1.39 bits per heavy atom. The Morgan fingerprint density at radius 2 is 2.00 bits per heavy atom. The summed E-state index contributed by atoms with van der Waals surface area (Å²) in [6.07, 6.45) is 0. The topological polar surface area (TPSA) is 98.5 Å². The van der Waals surface area contributed by atoms with E-state index in [2.05, 4.69) is 9.46 Å². The summed E-state index contributed by atoms with van der Waals surface area (Å²) >= 11 is 0. The third kappa shape index (κ3) is 3.21. The van der Waals surface area contributed by atoms with Crippen molar-refractivity contribution in [2.45, 2.75) is 18.7 Å². The first-order valence-electron chi connectivity index (χ1n) is 5.21. The molecule has 0 saturated carbocycles. The molecule has 0 heterocycles. The minimum Gasteiger partial charge on any atom is -0.468 e. The minimum absolute atomic E-state index is 0.0731. The zero-order valence-corrected chi connectivity index (χ0v) is 11.3. The highest BCUT2D eigenvalue weighted by atomic mass is 32.2. The molecule has 3 N–H and O–H groups in total. The molecule has 1 aromatic carbocycles. The first-order valence-corrected chi connectivity index (χ1v) is 6.69. The number of aryl methyl sites for hydroxylation is 1. The van der Waals surface area contributed by atoms with Gasteiger partial charge in [-0.25, -0.2) is 8.42 Å². The van der Waals surface area contributed by atoms with Gasteiger partial charge in [-0.3, -0.25) is 4.79 Å². The van der Waals surface area contributed by atoms with Crippen molar-refractivity contribution in [1.29, 1.82) is 0 Å². The Bertz CT molecular complexity index is 567. The zero-order valence-electron chi connectivity index (χ0n) is 10.5. The van der Waals surface area contributed by atoms with Crippen LogP contribution in [0, 0.1) is 13.8 Å². The fraction of sp³-hybridized carbons (Fsp3) is 0.364. The lowest BCUT2D eigenvalue weighted by molar-refractivity contribution is -0.139. The normalized spacial score (nSPS) is 11.3. The van der Waals surface area contributed by atoms with Gasteiger partial charge in [-0.05, 0) is 37.1 Å². The Balaban J connectivity index is 3.09. The number of anilines is 1. The predicted octanol–water partition coefficient (Wildman–Crippen LogP) is 0.337. The van der Waals surface area contributed by atoms with E-state index in [-0.39, 0.29) is 4.90 Å². The van der Waals surface area contributed by atoms with Crippen molar-refractivity contribution in [3.8, 4) is 0 Å². The largest absolute Gasteiger partial charge is 0.468 e. The number of carbonyl (C=O) groups excluding carboxylic acids is 1.